The summed E-state index contributed by atoms with van der Waals surface area (Å²) >= 11 is 3.37. The average Bonchev–Trinajstić information content (AvgIpc) is 2.87. The third kappa shape index (κ3) is 5.82. The van der Waals surface area contributed by atoms with Crippen molar-refractivity contribution in [3.05, 3.63) is 74.6 Å². The molecule has 0 saturated carbocycles. The largest absolute Gasteiger partial charge is 0.462 e. The normalized spacial score (nSPS) is 19.7. The van der Waals surface area contributed by atoms with Gasteiger partial charge in [-0.05, 0) is 87.3 Å². The number of piperidine rings is 2. The summed E-state index contributed by atoms with van der Waals surface area (Å²) < 4.78 is 11.7. The van der Waals surface area contributed by atoms with Crippen molar-refractivity contribution >= 4 is 56.9 Å². The summed E-state index contributed by atoms with van der Waals surface area (Å²) in [7, 11) is 0. The van der Waals surface area contributed by atoms with E-state index in [9.17, 15) is 14.4 Å². The molecule has 0 aliphatic carbocycles. The Morgan fingerprint density at radius 2 is 1.81 bits per heavy atom. The molecule has 2 atom stereocenters. The zero-order chi connectivity index (χ0) is 24.4. The Bertz CT molecular complexity index is 1310. The van der Waals surface area contributed by atoms with Crippen LogP contribution in [0.3, 0.4) is 0 Å². The molecule has 2 fully saturated rings. The van der Waals surface area contributed by atoms with Gasteiger partial charge in [0.05, 0.1) is 12.2 Å². The van der Waals surface area contributed by atoms with E-state index in [-0.39, 0.29) is 23.9 Å². The van der Waals surface area contributed by atoms with Gasteiger partial charge in [0.1, 0.15) is 11.1 Å². The Balaban J connectivity index is 0.00000304. The van der Waals surface area contributed by atoms with E-state index in [0.717, 1.165) is 30.4 Å². The van der Waals surface area contributed by atoms with Crippen molar-refractivity contribution in [1.29, 1.82) is 0 Å². The molecule has 0 radical (unpaired) electrons. The Hall–Kier alpha value is -2.68. The second kappa shape index (κ2) is 11.6. The molecule has 190 valence electrons. The fraction of sp³-hybridized carbons (Fsp3) is 0.370. The van der Waals surface area contributed by atoms with Crippen LogP contribution in [-0.2, 0) is 4.74 Å². The second-order valence-electron chi connectivity index (χ2n) is 9.26. The molecule has 3 aromatic rings. The van der Waals surface area contributed by atoms with Gasteiger partial charge in [0.25, 0.3) is 5.91 Å². The topological polar surface area (TPSA) is 88.8 Å². The number of nitrogens with one attached hydrogen (secondary N) is 1. The Labute approximate surface area is 223 Å². The lowest BCUT2D eigenvalue weighted by molar-refractivity contribution is 0.00739. The molecule has 36 heavy (non-hydrogen) atoms. The third-order valence-corrected chi connectivity index (χ3v) is 7.47. The SMILES string of the molecule is Cl.O=C(OCC1CCCN2CCCCC12)c1ccc(NC(=O)c2cc3cc(Br)ccc3oc2=O)cc1. The number of carbonyl (C=O) groups is 2. The van der Waals surface area contributed by atoms with E-state index in [0.29, 0.717) is 40.8 Å². The minimum atomic E-state index is -0.711. The Kier molecular flexibility index (Phi) is 8.49. The number of anilines is 1. The molecule has 2 unspecified atom stereocenters. The summed E-state index contributed by atoms with van der Waals surface area (Å²) in [5.74, 6) is -0.553. The van der Waals surface area contributed by atoms with E-state index >= 15 is 0 Å². The predicted octanol–water partition coefficient (Wildman–Crippen LogP) is 5.65. The number of ether oxygens (including phenoxy) is 1. The molecule has 2 aliphatic rings. The van der Waals surface area contributed by atoms with Gasteiger partial charge < -0.3 is 14.5 Å². The molecule has 9 heteroatoms. The van der Waals surface area contributed by atoms with Crippen LogP contribution in [0, 0.1) is 5.92 Å². The van der Waals surface area contributed by atoms with Crippen molar-refractivity contribution in [3.8, 4) is 0 Å². The zero-order valence-corrected chi connectivity index (χ0v) is 22.1. The molecule has 0 spiro atoms. The van der Waals surface area contributed by atoms with Crippen molar-refractivity contribution in [2.24, 2.45) is 5.92 Å². The maximum atomic E-state index is 12.7. The van der Waals surface area contributed by atoms with Gasteiger partial charge in [-0.15, -0.1) is 12.4 Å². The Morgan fingerprint density at radius 3 is 2.61 bits per heavy atom. The molecule has 2 saturated heterocycles. The van der Waals surface area contributed by atoms with E-state index in [2.05, 4.69) is 26.1 Å². The number of benzene rings is 2. The van der Waals surface area contributed by atoms with Crippen molar-refractivity contribution < 1.29 is 18.7 Å². The molecule has 2 aliphatic heterocycles. The summed E-state index contributed by atoms with van der Waals surface area (Å²) in [5, 5.41) is 3.33. The number of fused-ring (bicyclic) bond motifs is 2. The van der Waals surface area contributed by atoms with Crippen molar-refractivity contribution in [1.82, 2.24) is 4.90 Å². The number of halogens is 2. The number of amides is 1. The van der Waals surface area contributed by atoms with Gasteiger partial charge in [0.15, 0.2) is 0 Å². The van der Waals surface area contributed by atoms with Crippen molar-refractivity contribution in [2.45, 2.75) is 38.1 Å². The number of esters is 1. The number of nitrogens with zero attached hydrogens (tertiary/aromatic N) is 1. The van der Waals surface area contributed by atoms with Gasteiger partial charge in [-0.1, -0.05) is 22.4 Å². The minimum Gasteiger partial charge on any atom is -0.462 e. The van der Waals surface area contributed by atoms with E-state index in [1.165, 1.54) is 25.3 Å². The summed E-state index contributed by atoms with van der Waals surface area (Å²) in [6.45, 7) is 2.74. The first-order chi connectivity index (χ1) is 17.0. The van der Waals surface area contributed by atoms with Crippen molar-refractivity contribution in [3.63, 3.8) is 0 Å². The van der Waals surface area contributed by atoms with Crippen LogP contribution in [0.4, 0.5) is 5.69 Å². The van der Waals surface area contributed by atoms with Crippen LogP contribution in [-0.4, -0.2) is 42.5 Å². The molecule has 3 heterocycles. The lowest BCUT2D eigenvalue weighted by atomic mass is 9.84. The van der Waals surface area contributed by atoms with Gasteiger partial charge in [-0.2, -0.15) is 0 Å². The van der Waals surface area contributed by atoms with Gasteiger partial charge in [-0.25, -0.2) is 9.59 Å². The van der Waals surface area contributed by atoms with E-state index in [4.69, 9.17) is 9.15 Å². The summed E-state index contributed by atoms with van der Waals surface area (Å²) in [6, 6.07) is 13.7. The van der Waals surface area contributed by atoms with Crippen LogP contribution in [0.5, 0.6) is 0 Å². The summed E-state index contributed by atoms with van der Waals surface area (Å²) in [6.07, 6.45) is 5.94. The first-order valence-corrected chi connectivity index (χ1v) is 12.8. The van der Waals surface area contributed by atoms with E-state index < -0.39 is 11.5 Å². The maximum absolute atomic E-state index is 12.7. The molecule has 7 nitrogen and oxygen atoms in total. The summed E-state index contributed by atoms with van der Waals surface area (Å²) in [5.41, 5.74) is 0.488. The summed E-state index contributed by atoms with van der Waals surface area (Å²) in [4.78, 5) is 40.1. The van der Waals surface area contributed by atoms with Crippen LogP contribution in [0.2, 0.25) is 0 Å². The Morgan fingerprint density at radius 1 is 1.03 bits per heavy atom. The smallest absolute Gasteiger partial charge is 0.349 e. The van der Waals surface area contributed by atoms with Crippen LogP contribution in [0.15, 0.2) is 62.2 Å². The first-order valence-electron chi connectivity index (χ1n) is 12.0. The fourth-order valence-corrected chi connectivity index (χ4v) is 5.56. The molecular formula is C27H28BrClN2O5. The number of rotatable bonds is 5. The van der Waals surface area contributed by atoms with Gasteiger partial charge in [0, 0.05) is 27.5 Å². The molecule has 2 aromatic carbocycles. The molecule has 5 rings (SSSR count). The van der Waals surface area contributed by atoms with Gasteiger partial charge in [0.2, 0.25) is 0 Å². The number of hydrogen-bond acceptors (Lipinski definition) is 6. The molecule has 1 amide bonds. The third-order valence-electron chi connectivity index (χ3n) is 6.97. The van der Waals surface area contributed by atoms with Gasteiger partial charge in [-0.3, -0.25) is 9.69 Å². The maximum Gasteiger partial charge on any atom is 0.349 e. The standard InChI is InChI=1S/C27H27BrN2O5.ClH/c28-20-8-11-24-19(14-20)15-22(27(33)35-24)25(31)29-21-9-6-17(7-10-21)26(32)34-16-18-4-3-13-30-12-2-1-5-23(18)30;/h6-11,14-15,18,23H,1-5,12-13,16H2,(H,29,31);1H. The first kappa shape index (κ1) is 26.4. The molecule has 1 aromatic heterocycles. The van der Waals surface area contributed by atoms with Crippen LogP contribution >= 0.6 is 28.3 Å². The number of carbonyl (C=O) groups excluding carboxylic acids is 2. The number of hydrogen-bond donors (Lipinski definition) is 1. The minimum absolute atomic E-state index is 0. The molecular weight excluding hydrogens is 548 g/mol. The lowest BCUT2D eigenvalue weighted by Crippen LogP contribution is -2.49. The van der Waals surface area contributed by atoms with E-state index in [1.54, 1.807) is 42.5 Å². The highest BCUT2D eigenvalue weighted by Crippen LogP contribution is 2.31. The predicted molar refractivity (Wildman–Crippen MR) is 144 cm³/mol. The lowest BCUT2D eigenvalue weighted by Gasteiger charge is -2.44. The monoisotopic (exact) mass is 574 g/mol. The second-order valence-corrected chi connectivity index (χ2v) is 10.2. The van der Waals surface area contributed by atoms with Crippen LogP contribution < -0.4 is 10.9 Å². The van der Waals surface area contributed by atoms with E-state index in [1.807, 2.05) is 0 Å². The highest BCUT2D eigenvalue weighted by Gasteiger charge is 2.33. The van der Waals surface area contributed by atoms with Crippen molar-refractivity contribution in [2.75, 3.05) is 25.0 Å². The van der Waals surface area contributed by atoms with Crippen LogP contribution in [0.25, 0.3) is 11.0 Å². The average molecular weight is 576 g/mol. The zero-order valence-electron chi connectivity index (χ0n) is 19.7. The van der Waals surface area contributed by atoms with Crippen LogP contribution in [0.1, 0.15) is 52.8 Å². The molecule has 1 N–H and O–H groups in total. The molecule has 0 bridgehead atoms. The highest BCUT2D eigenvalue weighted by molar-refractivity contribution is 9.10. The fourth-order valence-electron chi connectivity index (χ4n) is 5.18. The highest BCUT2D eigenvalue weighted by atomic mass is 79.9. The van der Waals surface area contributed by atoms with Gasteiger partial charge >= 0.3 is 11.6 Å². The quantitative estimate of drug-likeness (QED) is 0.312.